The van der Waals surface area contributed by atoms with Crippen molar-refractivity contribution in [1.29, 1.82) is 0 Å². The van der Waals surface area contributed by atoms with Gasteiger partial charge in [0.2, 0.25) is 0 Å². The van der Waals surface area contributed by atoms with Crippen LogP contribution in [-0.4, -0.2) is 12.4 Å². The molecular formula is C12H10BrF3O2. The van der Waals surface area contributed by atoms with Crippen LogP contribution in [0.2, 0.25) is 0 Å². The molecule has 1 fully saturated rings. The number of ketones is 1. The first kappa shape index (κ1) is 13.5. The standard InChI is InChI=1S/C12H10BrF3O2/c13-9-4-7(3-8(5-9)12(14,15)16)11-6-10(17)1-2-18-11/h3-5,11H,1-2,6H2. The van der Waals surface area contributed by atoms with Crippen molar-refractivity contribution in [3.05, 3.63) is 33.8 Å². The molecule has 2 rings (SSSR count). The van der Waals surface area contributed by atoms with Gasteiger partial charge in [0, 0.05) is 17.3 Å². The molecule has 0 bridgehead atoms. The molecule has 98 valence electrons. The average Bonchev–Trinajstić information content (AvgIpc) is 2.27. The minimum Gasteiger partial charge on any atom is -0.373 e. The van der Waals surface area contributed by atoms with E-state index in [1.807, 2.05) is 0 Å². The second-order valence-electron chi connectivity index (χ2n) is 4.12. The highest BCUT2D eigenvalue weighted by Crippen LogP contribution is 2.35. The quantitative estimate of drug-likeness (QED) is 0.784. The van der Waals surface area contributed by atoms with E-state index in [2.05, 4.69) is 15.9 Å². The fourth-order valence-electron chi connectivity index (χ4n) is 1.86. The zero-order valence-electron chi connectivity index (χ0n) is 9.26. The van der Waals surface area contributed by atoms with Crippen molar-refractivity contribution in [2.45, 2.75) is 25.1 Å². The van der Waals surface area contributed by atoms with Crippen LogP contribution in [0.4, 0.5) is 13.2 Å². The van der Waals surface area contributed by atoms with E-state index in [1.165, 1.54) is 0 Å². The molecule has 1 saturated heterocycles. The van der Waals surface area contributed by atoms with Gasteiger partial charge in [-0.2, -0.15) is 13.2 Å². The summed E-state index contributed by atoms with van der Waals surface area (Å²) in [5.74, 6) is 0.0137. The van der Waals surface area contributed by atoms with Crippen LogP contribution in [0.1, 0.15) is 30.1 Å². The Balaban J connectivity index is 2.33. The molecule has 1 aliphatic heterocycles. The molecule has 0 aliphatic carbocycles. The van der Waals surface area contributed by atoms with E-state index in [4.69, 9.17) is 4.74 Å². The fourth-order valence-corrected chi connectivity index (χ4v) is 2.37. The summed E-state index contributed by atoms with van der Waals surface area (Å²) in [5.41, 5.74) is -0.363. The maximum atomic E-state index is 12.7. The van der Waals surface area contributed by atoms with Crippen molar-refractivity contribution >= 4 is 21.7 Å². The lowest BCUT2D eigenvalue weighted by Crippen LogP contribution is -2.20. The van der Waals surface area contributed by atoms with Gasteiger partial charge in [0.05, 0.1) is 18.3 Å². The van der Waals surface area contributed by atoms with Gasteiger partial charge in [-0.3, -0.25) is 4.79 Å². The molecule has 1 atom stereocenters. The third kappa shape index (κ3) is 3.11. The van der Waals surface area contributed by atoms with E-state index in [0.29, 0.717) is 16.5 Å². The first-order valence-corrected chi connectivity index (χ1v) is 6.16. The summed E-state index contributed by atoms with van der Waals surface area (Å²) in [7, 11) is 0. The molecule has 0 saturated carbocycles. The molecule has 0 N–H and O–H groups in total. The predicted octanol–water partition coefficient (Wildman–Crippen LogP) is 3.89. The Morgan fingerprint density at radius 1 is 1.28 bits per heavy atom. The normalized spacial score (nSPS) is 21.1. The van der Waals surface area contributed by atoms with Crippen LogP contribution in [0, 0.1) is 0 Å². The summed E-state index contributed by atoms with van der Waals surface area (Å²) in [6.45, 7) is 0.261. The Kier molecular flexibility index (Phi) is 3.77. The minimum atomic E-state index is -4.41. The van der Waals surface area contributed by atoms with Crippen LogP contribution in [0.3, 0.4) is 0 Å². The Hall–Kier alpha value is -0.880. The van der Waals surface area contributed by atoms with Crippen LogP contribution in [0.25, 0.3) is 0 Å². The summed E-state index contributed by atoms with van der Waals surface area (Å²) in [6.07, 6.45) is -4.52. The van der Waals surface area contributed by atoms with E-state index < -0.39 is 17.8 Å². The number of benzene rings is 1. The van der Waals surface area contributed by atoms with Gasteiger partial charge >= 0.3 is 6.18 Å². The SMILES string of the molecule is O=C1CCOC(c2cc(Br)cc(C(F)(F)F)c2)C1. The second-order valence-corrected chi connectivity index (χ2v) is 5.04. The molecule has 1 unspecified atom stereocenters. The van der Waals surface area contributed by atoms with Crippen molar-refractivity contribution in [3.63, 3.8) is 0 Å². The number of Topliss-reactive ketones (excluding diaryl/α,β-unsaturated/α-hetero) is 1. The summed E-state index contributed by atoms with van der Waals surface area (Å²) < 4.78 is 43.7. The van der Waals surface area contributed by atoms with Crippen molar-refractivity contribution in [2.75, 3.05) is 6.61 Å². The molecule has 1 aromatic carbocycles. The smallest absolute Gasteiger partial charge is 0.373 e. The maximum absolute atomic E-state index is 12.7. The van der Waals surface area contributed by atoms with Gasteiger partial charge in [0.15, 0.2) is 0 Å². The monoisotopic (exact) mass is 322 g/mol. The van der Waals surface area contributed by atoms with Crippen LogP contribution in [-0.2, 0) is 15.7 Å². The van der Waals surface area contributed by atoms with Crippen molar-refractivity contribution in [2.24, 2.45) is 0 Å². The number of hydrogen-bond acceptors (Lipinski definition) is 2. The van der Waals surface area contributed by atoms with E-state index in [-0.39, 0.29) is 18.8 Å². The van der Waals surface area contributed by atoms with Crippen LogP contribution in [0.5, 0.6) is 0 Å². The molecule has 0 aromatic heterocycles. The van der Waals surface area contributed by atoms with Gasteiger partial charge in [-0.1, -0.05) is 15.9 Å². The third-order valence-corrected chi connectivity index (χ3v) is 3.19. The molecule has 18 heavy (non-hydrogen) atoms. The predicted molar refractivity (Wildman–Crippen MR) is 62.1 cm³/mol. The lowest BCUT2D eigenvalue weighted by atomic mass is 9.99. The van der Waals surface area contributed by atoms with Gasteiger partial charge in [0.1, 0.15) is 5.78 Å². The van der Waals surface area contributed by atoms with Gasteiger partial charge in [-0.15, -0.1) is 0 Å². The van der Waals surface area contributed by atoms with Gasteiger partial charge in [-0.25, -0.2) is 0 Å². The lowest BCUT2D eigenvalue weighted by molar-refractivity contribution is -0.137. The number of rotatable bonds is 1. The zero-order valence-corrected chi connectivity index (χ0v) is 10.8. The van der Waals surface area contributed by atoms with Crippen LogP contribution >= 0.6 is 15.9 Å². The molecule has 1 aromatic rings. The number of ether oxygens (including phenoxy) is 1. The zero-order chi connectivity index (χ0) is 13.3. The number of carbonyl (C=O) groups excluding carboxylic acids is 1. The van der Waals surface area contributed by atoms with Gasteiger partial charge in [-0.05, 0) is 23.8 Å². The molecular weight excluding hydrogens is 313 g/mol. The fraction of sp³-hybridized carbons (Fsp3) is 0.417. The average molecular weight is 323 g/mol. The summed E-state index contributed by atoms with van der Waals surface area (Å²) in [5, 5.41) is 0. The topological polar surface area (TPSA) is 26.3 Å². The van der Waals surface area contributed by atoms with Crippen molar-refractivity contribution in [3.8, 4) is 0 Å². The maximum Gasteiger partial charge on any atom is 0.416 e. The second kappa shape index (κ2) is 5.01. The molecule has 1 aliphatic rings. The number of alkyl halides is 3. The van der Waals surface area contributed by atoms with Crippen molar-refractivity contribution in [1.82, 2.24) is 0 Å². The van der Waals surface area contributed by atoms with E-state index in [0.717, 1.165) is 12.1 Å². The summed E-state index contributed by atoms with van der Waals surface area (Å²) >= 11 is 3.05. The van der Waals surface area contributed by atoms with Crippen molar-refractivity contribution < 1.29 is 22.7 Å². The Bertz CT molecular complexity index is 471. The number of carbonyl (C=O) groups is 1. The highest BCUT2D eigenvalue weighted by Gasteiger charge is 2.32. The molecule has 6 heteroatoms. The third-order valence-electron chi connectivity index (χ3n) is 2.73. The lowest BCUT2D eigenvalue weighted by Gasteiger charge is -2.23. The molecule has 0 amide bonds. The minimum absolute atomic E-state index is 0.0137. The molecule has 0 spiro atoms. The van der Waals surface area contributed by atoms with E-state index in [9.17, 15) is 18.0 Å². The number of hydrogen-bond donors (Lipinski definition) is 0. The first-order chi connectivity index (χ1) is 8.36. The Morgan fingerprint density at radius 2 is 2.00 bits per heavy atom. The van der Waals surface area contributed by atoms with Crippen LogP contribution < -0.4 is 0 Å². The summed E-state index contributed by atoms with van der Waals surface area (Å²) in [6, 6.07) is 3.60. The van der Waals surface area contributed by atoms with Crippen LogP contribution in [0.15, 0.2) is 22.7 Å². The molecule has 1 heterocycles. The van der Waals surface area contributed by atoms with Gasteiger partial charge < -0.3 is 4.74 Å². The highest BCUT2D eigenvalue weighted by atomic mass is 79.9. The Labute approximate surface area is 110 Å². The van der Waals surface area contributed by atoms with E-state index in [1.54, 1.807) is 6.07 Å². The number of halogens is 4. The Morgan fingerprint density at radius 3 is 2.61 bits per heavy atom. The molecule has 0 radical (unpaired) electrons. The summed E-state index contributed by atoms with van der Waals surface area (Å²) in [4.78, 5) is 11.3. The highest BCUT2D eigenvalue weighted by molar-refractivity contribution is 9.10. The first-order valence-electron chi connectivity index (χ1n) is 5.37. The van der Waals surface area contributed by atoms with E-state index >= 15 is 0 Å². The molecule has 2 nitrogen and oxygen atoms in total. The van der Waals surface area contributed by atoms with Gasteiger partial charge in [0.25, 0.3) is 0 Å². The largest absolute Gasteiger partial charge is 0.416 e.